The van der Waals surface area contributed by atoms with Crippen molar-refractivity contribution >= 4 is 39.3 Å². The number of benzene rings is 2. The van der Waals surface area contributed by atoms with Crippen LogP contribution in [0.25, 0.3) is 0 Å². The molecule has 5 aliphatic rings. The Morgan fingerprint density at radius 3 is 2.27 bits per heavy atom. The quantitative estimate of drug-likeness (QED) is 0.485. The molecule has 2 bridgehead atoms. The maximum absolute atomic E-state index is 13.7. The zero-order valence-corrected chi connectivity index (χ0v) is 19.9. The molecular formula is C27H25BrN2O3. The number of anilines is 1. The SMILES string of the molecule is Cc1cc(Br)ccc1NC(=O)[C@H](Cc1ccccc1)N1C(=O)[C@@H]2[C@H]3C=C[C@@H]([C@@H]4C[C@@H]34)[C@H]2C1=O. The minimum atomic E-state index is -0.878. The van der Waals surface area contributed by atoms with Gasteiger partial charge in [-0.2, -0.15) is 0 Å². The highest BCUT2D eigenvalue weighted by Crippen LogP contribution is 2.65. The molecule has 2 aromatic rings. The van der Waals surface area contributed by atoms with Gasteiger partial charge in [0.1, 0.15) is 6.04 Å². The number of aryl methyl sites for hydroxylation is 1. The van der Waals surface area contributed by atoms with Gasteiger partial charge in [-0.25, -0.2) is 0 Å². The number of carbonyl (C=O) groups is 3. The molecule has 6 heteroatoms. The number of amides is 3. The van der Waals surface area contributed by atoms with E-state index in [2.05, 4.69) is 33.4 Å². The van der Waals surface area contributed by atoms with Crippen molar-refractivity contribution in [2.24, 2.45) is 35.5 Å². The van der Waals surface area contributed by atoms with Crippen LogP contribution in [-0.4, -0.2) is 28.7 Å². The molecule has 0 radical (unpaired) electrons. The summed E-state index contributed by atoms with van der Waals surface area (Å²) >= 11 is 3.45. The maximum atomic E-state index is 13.7. The summed E-state index contributed by atoms with van der Waals surface area (Å²) in [5.41, 5.74) is 2.51. The zero-order chi connectivity index (χ0) is 22.9. The summed E-state index contributed by atoms with van der Waals surface area (Å²) in [4.78, 5) is 42.3. The van der Waals surface area contributed by atoms with Gasteiger partial charge in [-0.05, 0) is 66.3 Å². The number of imide groups is 1. The summed E-state index contributed by atoms with van der Waals surface area (Å²) in [6.45, 7) is 1.92. The second-order valence-electron chi connectivity index (χ2n) is 9.86. The third-order valence-corrected chi connectivity index (χ3v) is 8.52. The molecule has 33 heavy (non-hydrogen) atoms. The number of nitrogens with zero attached hydrogens (tertiary/aromatic N) is 1. The van der Waals surface area contributed by atoms with Crippen molar-refractivity contribution in [2.45, 2.75) is 25.8 Å². The van der Waals surface area contributed by atoms with Crippen molar-refractivity contribution in [3.8, 4) is 0 Å². The van der Waals surface area contributed by atoms with Gasteiger partial charge in [-0.3, -0.25) is 19.3 Å². The van der Waals surface area contributed by atoms with E-state index in [0.29, 0.717) is 23.9 Å². The van der Waals surface area contributed by atoms with E-state index in [4.69, 9.17) is 0 Å². The Morgan fingerprint density at radius 2 is 1.67 bits per heavy atom. The van der Waals surface area contributed by atoms with Crippen molar-refractivity contribution in [2.75, 3.05) is 5.32 Å². The monoisotopic (exact) mass is 504 g/mol. The minimum absolute atomic E-state index is 0.139. The normalized spacial score (nSPS) is 31.9. The third kappa shape index (κ3) is 3.30. The Labute approximate surface area is 201 Å². The number of likely N-dealkylation sites (tertiary alicyclic amines) is 1. The Hall–Kier alpha value is -2.73. The molecule has 1 N–H and O–H groups in total. The Kier molecular flexibility index (Phi) is 4.84. The van der Waals surface area contributed by atoms with Gasteiger partial charge in [0.25, 0.3) is 0 Å². The summed E-state index contributed by atoms with van der Waals surface area (Å²) < 4.78 is 0.925. The number of halogens is 1. The molecule has 0 unspecified atom stereocenters. The van der Waals surface area contributed by atoms with E-state index in [9.17, 15) is 14.4 Å². The van der Waals surface area contributed by atoms with Crippen molar-refractivity contribution in [1.82, 2.24) is 4.90 Å². The van der Waals surface area contributed by atoms with Gasteiger partial charge in [-0.1, -0.05) is 58.4 Å². The first kappa shape index (κ1) is 20.8. The Balaban J connectivity index is 1.34. The van der Waals surface area contributed by atoms with E-state index in [1.165, 1.54) is 4.90 Å². The summed E-state index contributed by atoms with van der Waals surface area (Å²) in [5.74, 6) is 0.0657. The van der Waals surface area contributed by atoms with E-state index in [1.807, 2.05) is 55.5 Å². The molecule has 2 saturated carbocycles. The average molecular weight is 505 g/mol. The van der Waals surface area contributed by atoms with Gasteiger partial charge >= 0.3 is 0 Å². The number of nitrogens with one attached hydrogen (secondary N) is 1. The molecule has 4 aliphatic carbocycles. The summed E-state index contributed by atoms with van der Waals surface area (Å²) in [6.07, 6.45) is 5.74. The Bertz CT molecular complexity index is 1160. The fourth-order valence-electron chi connectivity index (χ4n) is 6.41. The van der Waals surface area contributed by atoms with Crippen LogP contribution in [0.15, 0.2) is 65.2 Å². The second kappa shape index (κ2) is 7.66. The molecule has 1 aliphatic heterocycles. The van der Waals surface area contributed by atoms with Crippen LogP contribution >= 0.6 is 15.9 Å². The topological polar surface area (TPSA) is 66.5 Å². The van der Waals surface area contributed by atoms with Crippen molar-refractivity contribution in [3.63, 3.8) is 0 Å². The van der Waals surface area contributed by atoms with E-state index in [0.717, 1.165) is 22.0 Å². The maximum Gasteiger partial charge on any atom is 0.248 e. The third-order valence-electron chi connectivity index (χ3n) is 8.03. The fraction of sp³-hybridized carbons (Fsp3) is 0.370. The van der Waals surface area contributed by atoms with Gasteiger partial charge in [0.05, 0.1) is 11.8 Å². The average Bonchev–Trinajstić information content (AvgIpc) is 3.59. The number of rotatable bonds is 5. The molecule has 7 rings (SSSR count). The van der Waals surface area contributed by atoms with Crippen LogP contribution in [0.4, 0.5) is 5.69 Å². The molecule has 2 aromatic carbocycles. The first-order chi connectivity index (χ1) is 15.9. The van der Waals surface area contributed by atoms with Crippen LogP contribution in [0.3, 0.4) is 0 Å². The van der Waals surface area contributed by atoms with Crippen LogP contribution in [0.2, 0.25) is 0 Å². The molecule has 1 heterocycles. The van der Waals surface area contributed by atoms with Crippen LogP contribution in [-0.2, 0) is 20.8 Å². The van der Waals surface area contributed by atoms with Crippen molar-refractivity contribution < 1.29 is 14.4 Å². The van der Waals surface area contributed by atoms with Crippen LogP contribution in [0, 0.1) is 42.4 Å². The van der Waals surface area contributed by atoms with Crippen LogP contribution in [0.1, 0.15) is 17.5 Å². The molecule has 0 spiro atoms. The van der Waals surface area contributed by atoms with E-state index >= 15 is 0 Å². The lowest BCUT2D eigenvalue weighted by Crippen LogP contribution is -2.49. The minimum Gasteiger partial charge on any atom is -0.324 e. The smallest absolute Gasteiger partial charge is 0.248 e. The zero-order valence-electron chi connectivity index (χ0n) is 18.3. The van der Waals surface area contributed by atoms with Gasteiger partial charge in [-0.15, -0.1) is 0 Å². The van der Waals surface area contributed by atoms with Crippen molar-refractivity contribution in [1.29, 1.82) is 0 Å². The molecule has 7 atom stereocenters. The molecule has 1 saturated heterocycles. The van der Waals surface area contributed by atoms with Gasteiger partial charge in [0.2, 0.25) is 17.7 Å². The molecule has 0 aromatic heterocycles. The number of carbonyl (C=O) groups excluding carboxylic acids is 3. The van der Waals surface area contributed by atoms with E-state index in [1.54, 1.807) is 0 Å². The molecule has 5 nitrogen and oxygen atoms in total. The predicted octanol–water partition coefficient (Wildman–Crippen LogP) is 4.36. The number of allylic oxidation sites excluding steroid dienone is 2. The van der Waals surface area contributed by atoms with E-state index < -0.39 is 6.04 Å². The second-order valence-corrected chi connectivity index (χ2v) is 10.8. The number of hydrogen-bond donors (Lipinski definition) is 1. The van der Waals surface area contributed by atoms with Crippen LogP contribution in [0.5, 0.6) is 0 Å². The summed E-state index contributed by atoms with van der Waals surface area (Å²) in [7, 11) is 0. The molecule has 168 valence electrons. The van der Waals surface area contributed by atoms with Gasteiger partial charge in [0, 0.05) is 16.6 Å². The molecule has 3 fully saturated rings. The summed E-state index contributed by atoms with van der Waals surface area (Å²) in [6, 6.07) is 14.4. The van der Waals surface area contributed by atoms with Gasteiger partial charge < -0.3 is 5.32 Å². The lowest BCUT2D eigenvalue weighted by Gasteiger charge is -2.37. The molecule has 3 amide bonds. The highest BCUT2D eigenvalue weighted by molar-refractivity contribution is 9.10. The highest BCUT2D eigenvalue weighted by Gasteiger charge is 2.67. The highest BCUT2D eigenvalue weighted by atomic mass is 79.9. The van der Waals surface area contributed by atoms with Crippen molar-refractivity contribution in [3.05, 3.63) is 76.3 Å². The van der Waals surface area contributed by atoms with E-state index in [-0.39, 0.29) is 41.4 Å². The molecular weight excluding hydrogens is 480 g/mol. The standard InChI is InChI=1S/C27H25BrN2O3/c1-14-11-16(28)7-10-21(14)29-25(31)22(12-15-5-3-2-4-6-15)30-26(32)23-17-8-9-18(20-13-19(17)20)24(23)27(30)33/h2-11,17-20,22-24H,12-13H2,1H3,(H,29,31)/t17-,18-,19-,20-,22-,23+,24+/m0/s1. The fourth-order valence-corrected chi connectivity index (χ4v) is 6.88. The first-order valence-electron chi connectivity index (χ1n) is 11.6. The number of hydrogen-bond acceptors (Lipinski definition) is 3. The van der Waals surface area contributed by atoms with Crippen LogP contribution < -0.4 is 5.32 Å². The first-order valence-corrected chi connectivity index (χ1v) is 12.4. The lowest BCUT2D eigenvalue weighted by molar-refractivity contribution is -0.146. The van der Waals surface area contributed by atoms with Gasteiger partial charge in [0.15, 0.2) is 0 Å². The largest absolute Gasteiger partial charge is 0.324 e. The Morgan fingerprint density at radius 1 is 1.03 bits per heavy atom. The lowest BCUT2D eigenvalue weighted by atomic mass is 9.63. The predicted molar refractivity (Wildman–Crippen MR) is 128 cm³/mol. The summed E-state index contributed by atoms with van der Waals surface area (Å²) in [5, 5.41) is 2.99.